The molecule has 0 aromatic heterocycles. The fourth-order valence-corrected chi connectivity index (χ4v) is 5.62. The summed E-state index contributed by atoms with van der Waals surface area (Å²) in [5.74, 6) is 1.07. The second-order valence-electron chi connectivity index (χ2n) is 9.42. The van der Waals surface area contributed by atoms with E-state index in [1.165, 1.54) is 25.0 Å². The number of nitrogens with one attached hydrogen (secondary N) is 2. The number of hydrogen-bond donors (Lipinski definition) is 2. The van der Waals surface area contributed by atoms with Crippen LogP contribution >= 0.6 is 0 Å². The lowest BCUT2D eigenvalue weighted by atomic mass is 10.00. The minimum absolute atomic E-state index is 0.0514. The van der Waals surface area contributed by atoms with Crippen LogP contribution in [0.4, 0.5) is 0 Å². The average Bonchev–Trinajstić information content (AvgIpc) is 2.96. The summed E-state index contributed by atoms with van der Waals surface area (Å²) in [5, 5.41) is 3.00. The van der Waals surface area contributed by atoms with Crippen molar-refractivity contribution in [1.82, 2.24) is 14.9 Å². The van der Waals surface area contributed by atoms with Crippen molar-refractivity contribution >= 4 is 15.9 Å². The molecule has 1 aromatic rings. The Labute approximate surface area is 192 Å². The van der Waals surface area contributed by atoms with Crippen LogP contribution in [0.15, 0.2) is 23.1 Å². The zero-order valence-electron chi connectivity index (χ0n) is 19.6. The van der Waals surface area contributed by atoms with Crippen LogP contribution in [0.5, 0.6) is 11.5 Å². The minimum atomic E-state index is -3.92. The third kappa shape index (κ3) is 6.59. The fraction of sp³-hybridized carbons (Fsp3) is 0.696. The van der Waals surface area contributed by atoms with Gasteiger partial charge in [0.2, 0.25) is 15.9 Å². The lowest BCUT2D eigenvalue weighted by Gasteiger charge is -2.33. The molecule has 1 fully saturated rings. The van der Waals surface area contributed by atoms with Crippen molar-refractivity contribution in [3.8, 4) is 11.5 Å². The lowest BCUT2D eigenvalue weighted by Crippen LogP contribution is -2.53. The van der Waals surface area contributed by atoms with Crippen molar-refractivity contribution in [2.75, 3.05) is 32.8 Å². The van der Waals surface area contributed by atoms with Gasteiger partial charge in [-0.3, -0.25) is 4.79 Å². The van der Waals surface area contributed by atoms with Crippen LogP contribution in [-0.4, -0.2) is 64.2 Å². The van der Waals surface area contributed by atoms with Crippen LogP contribution in [0.2, 0.25) is 0 Å². The molecular weight excluding hydrogens is 430 g/mol. The third-order valence-electron chi connectivity index (χ3n) is 5.92. The minimum Gasteiger partial charge on any atom is -0.490 e. The fourth-order valence-electron chi connectivity index (χ4n) is 4.26. The summed E-state index contributed by atoms with van der Waals surface area (Å²) in [4.78, 5) is 15.4. The zero-order chi connectivity index (χ0) is 23.3. The number of sulfonamides is 1. The number of benzene rings is 1. The van der Waals surface area contributed by atoms with Gasteiger partial charge in [-0.15, -0.1) is 0 Å². The maximum Gasteiger partial charge on any atom is 0.241 e. The van der Waals surface area contributed by atoms with E-state index in [0.717, 1.165) is 26.1 Å². The molecule has 2 aliphatic heterocycles. The van der Waals surface area contributed by atoms with E-state index in [4.69, 9.17) is 9.47 Å². The first-order valence-electron chi connectivity index (χ1n) is 11.6. The molecule has 32 heavy (non-hydrogen) atoms. The number of nitrogens with zero attached hydrogens (tertiary/aromatic N) is 1. The van der Waals surface area contributed by atoms with Crippen LogP contribution in [0.1, 0.15) is 47.0 Å². The van der Waals surface area contributed by atoms with Crippen molar-refractivity contribution in [1.29, 1.82) is 0 Å². The van der Waals surface area contributed by atoms with Gasteiger partial charge in [-0.25, -0.2) is 8.42 Å². The molecule has 0 saturated carbocycles. The lowest BCUT2D eigenvalue weighted by molar-refractivity contribution is -0.124. The van der Waals surface area contributed by atoms with Crippen LogP contribution in [0.3, 0.4) is 0 Å². The topological polar surface area (TPSA) is 97.0 Å². The first-order chi connectivity index (χ1) is 15.2. The Hall–Kier alpha value is -1.84. The Kier molecular flexibility index (Phi) is 8.41. The molecule has 2 heterocycles. The van der Waals surface area contributed by atoms with E-state index in [9.17, 15) is 13.2 Å². The molecule has 3 rings (SSSR count). The molecule has 0 aliphatic carbocycles. The number of rotatable bonds is 8. The van der Waals surface area contributed by atoms with Gasteiger partial charge in [-0.05, 0) is 50.3 Å². The van der Waals surface area contributed by atoms with E-state index < -0.39 is 16.1 Å². The average molecular weight is 468 g/mol. The first-order valence-corrected chi connectivity index (χ1v) is 13.1. The van der Waals surface area contributed by atoms with Crippen molar-refractivity contribution < 1.29 is 22.7 Å². The van der Waals surface area contributed by atoms with Gasteiger partial charge in [0.05, 0.1) is 18.1 Å². The van der Waals surface area contributed by atoms with Gasteiger partial charge < -0.3 is 19.7 Å². The predicted octanol–water partition coefficient (Wildman–Crippen LogP) is 2.39. The van der Waals surface area contributed by atoms with Crippen LogP contribution < -0.4 is 19.5 Å². The molecule has 2 aliphatic rings. The highest BCUT2D eigenvalue weighted by Crippen LogP contribution is 2.32. The van der Waals surface area contributed by atoms with Gasteiger partial charge in [0.1, 0.15) is 6.04 Å². The Balaban J connectivity index is 1.65. The Morgan fingerprint density at radius 1 is 1.16 bits per heavy atom. The first kappa shape index (κ1) is 24.8. The zero-order valence-corrected chi connectivity index (χ0v) is 20.4. The summed E-state index contributed by atoms with van der Waals surface area (Å²) in [6, 6.07) is 3.58. The molecule has 0 radical (unpaired) electrons. The van der Waals surface area contributed by atoms with Gasteiger partial charge in [-0.2, -0.15) is 4.72 Å². The molecule has 8 nitrogen and oxygen atoms in total. The summed E-state index contributed by atoms with van der Waals surface area (Å²) in [6.07, 6.45) is 3.15. The Morgan fingerprint density at radius 2 is 1.88 bits per heavy atom. The molecule has 180 valence electrons. The van der Waals surface area contributed by atoms with Crippen molar-refractivity contribution in [3.63, 3.8) is 0 Å². The summed E-state index contributed by atoms with van der Waals surface area (Å²) in [7, 11) is -3.92. The molecule has 0 bridgehead atoms. The number of carbonyl (C=O) groups excluding carboxylic acids is 1. The number of piperidine rings is 1. The molecule has 1 amide bonds. The van der Waals surface area contributed by atoms with E-state index in [0.29, 0.717) is 30.6 Å². The van der Waals surface area contributed by atoms with E-state index in [-0.39, 0.29) is 22.8 Å². The van der Waals surface area contributed by atoms with Crippen LogP contribution in [-0.2, 0) is 14.8 Å². The molecule has 1 aromatic carbocycles. The second-order valence-corrected chi connectivity index (χ2v) is 11.1. The Morgan fingerprint density at radius 3 is 2.56 bits per heavy atom. The molecule has 2 N–H and O–H groups in total. The number of hydrogen-bond acceptors (Lipinski definition) is 6. The smallest absolute Gasteiger partial charge is 0.241 e. The molecule has 9 heteroatoms. The standard InChI is InChI=1S/C23H37N3O5S/c1-16(2)22(23(27)24-18(4)15-26-10-5-7-17(3)14-26)25-32(28,29)19-8-9-20-21(13-19)31-12-6-11-30-20/h8-9,13,16-18,22,25H,5-7,10-12,14-15H2,1-4H3,(H,24,27). The van der Waals surface area contributed by atoms with Gasteiger partial charge in [0.25, 0.3) is 0 Å². The highest BCUT2D eigenvalue weighted by molar-refractivity contribution is 7.89. The highest BCUT2D eigenvalue weighted by Gasteiger charge is 2.30. The van der Waals surface area contributed by atoms with Gasteiger partial charge in [0, 0.05) is 31.6 Å². The maximum atomic E-state index is 13.1. The molecule has 3 unspecified atom stereocenters. The number of likely N-dealkylation sites (tertiary alicyclic amines) is 1. The number of ether oxygens (including phenoxy) is 2. The Bertz CT molecular complexity index is 890. The second kappa shape index (κ2) is 10.9. The van der Waals surface area contributed by atoms with E-state index in [1.807, 2.05) is 20.8 Å². The number of fused-ring (bicyclic) bond motifs is 1. The molecular formula is C23H37N3O5S. The third-order valence-corrected chi connectivity index (χ3v) is 7.36. The summed E-state index contributed by atoms with van der Waals surface area (Å²) < 4.78 is 39.9. The molecule has 3 atom stereocenters. The monoisotopic (exact) mass is 467 g/mol. The van der Waals surface area contributed by atoms with E-state index >= 15 is 0 Å². The van der Waals surface area contributed by atoms with E-state index in [2.05, 4.69) is 21.9 Å². The summed E-state index contributed by atoms with van der Waals surface area (Å²) in [5.41, 5.74) is 0. The highest BCUT2D eigenvalue weighted by atomic mass is 32.2. The summed E-state index contributed by atoms with van der Waals surface area (Å²) >= 11 is 0. The quantitative estimate of drug-likeness (QED) is 0.609. The largest absolute Gasteiger partial charge is 0.490 e. The maximum absolute atomic E-state index is 13.1. The van der Waals surface area contributed by atoms with Crippen molar-refractivity contribution in [2.24, 2.45) is 11.8 Å². The van der Waals surface area contributed by atoms with Gasteiger partial charge in [-0.1, -0.05) is 20.8 Å². The normalized spacial score (nSPS) is 21.6. The molecule has 1 saturated heterocycles. The predicted molar refractivity (Wildman–Crippen MR) is 123 cm³/mol. The van der Waals surface area contributed by atoms with Gasteiger partial charge >= 0.3 is 0 Å². The number of carbonyl (C=O) groups is 1. The van der Waals surface area contributed by atoms with Crippen molar-refractivity contribution in [2.45, 2.75) is 63.9 Å². The molecule has 0 spiro atoms. The van der Waals surface area contributed by atoms with E-state index in [1.54, 1.807) is 6.07 Å². The van der Waals surface area contributed by atoms with Crippen molar-refractivity contribution in [3.05, 3.63) is 18.2 Å². The van der Waals surface area contributed by atoms with Gasteiger partial charge in [0.15, 0.2) is 11.5 Å². The number of amides is 1. The summed E-state index contributed by atoms with van der Waals surface area (Å²) in [6.45, 7) is 11.7. The van der Waals surface area contributed by atoms with Crippen LogP contribution in [0.25, 0.3) is 0 Å². The SMILES string of the molecule is CC1CCCN(CC(C)NC(=O)C(NS(=O)(=O)c2ccc3c(c2)OCCCO3)C(C)C)C1. The van der Waals surface area contributed by atoms with Crippen LogP contribution in [0, 0.1) is 11.8 Å².